The van der Waals surface area contributed by atoms with Gasteiger partial charge in [0.15, 0.2) is 0 Å². The van der Waals surface area contributed by atoms with Gasteiger partial charge in [-0.2, -0.15) is 0 Å². The molecule has 106 valence electrons. The van der Waals surface area contributed by atoms with E-state index >= 15 is 0 Å². The second kappa shape index (κ2) is 5.77. The van der Waals surface area contributed by atoms with Crippen LogP contribution in [0.5, 0.6) is 5.19 Å². The smallest absolute Gasteiger partial charge is 0.410 e. The van der Waals surface area contributed by atoms with Gasteiger partial charge in [0.2, 0.25) is 0 Å². The van der Waals surface area contributed by atoms with Crippen molar-refractivity contribution in [3.8, 4) is 5.19 Å². The van der Waals surface area contributed by atoms with Crippen LogP contribution in [-0.4, -0.2) is 41.3 Å². The minimum absolute atomic E-state index is 0.232. The van der Waals surface area contributed by atoms with Crippen LogP contribution in [0.25, 0.3) is 0 Å². The van der Waals surface area contributed by atoms with Gasteiger partial charge in [0.05, 0.1) is 6.61 Å². The van der Waals surface area contributed by atoms with Crippen LogP contribution in [0.2, 0.25) is 0 Å². The first kappa shape index (κ1) is 14.1. The molecule has 2 rings (SSSR count). The summed E-state index contributed by atoms with van der Waals surface area (Å²) in [5.41, 5.74) is -0.438. The number of hydrogen-bond acceptors (Lipinski definition) is 5. The number of amides is 1. The molecule has 1 saturated heterocycles. The van der Waals surface area contributed by atoms with E-state index in [1.165, 1.54) is 11.3 Å². The molecule has 0 saturated carbocycles. The Labute approximate surface area is 117 Å². The molecule has 0 radical (unpaired) electrons. The minimum Gasteiger partial charge on any atom is -0.470 e. The minimum atomic E-state index is -0.438. The molecule has 0 spiro atoms. The third kappa shape index (κ3) is 4.38. The second-order valence-corrected chi connectivity index (χ2v) is 6.55. The van der Waals surface area contributed by atoms with Gasteiger partial charge < -0.3 is 14.4 Å². The normalized spacial score (nSPS) is 19.5. The number of carbonyl (C=O) groups is 1. The van der Waals surface area contributed by atoms with E-state index in [-0.39, 0.29) is 6.09 Å². The molecule has 1 aromatic heterocycles. The van der Waals surface area contributed by atoms with Crippen LogP contribution in [0.3, 0.4) is 0 Å². The lowest BCUT2D eigenvalue weighted by atomic mass is 10.1. The summed E-state index contributed by atoms with van der Waals surface area (Å²) in [5.74, 6) is 0.358. The molecule has 1 amide bonds. The number of thiazole rings is 1. The van der Waals surface area contributed by atoms with Crippen LogP contribution in [0, 0.1) is 5.92 Å². The van der Waals surface area contributed by atoms with E-state index < -0.39 is 5.60 Å². The Hall–Kier alpha value is -1.30. The molecule has 1 aromatic rings. The van der Waals surface area contributed by atoms with Crippen molar-refractivity contribution in [3.63, 3.8) is 0 Å². The zero-order chi connectivity index (χ0) is 13.9. The van der Waals surface area contributed by atoms with Crippen molar-refractivity contribution in [3.05, 3.63) is 11.6 Å². The highest BCUT2D eigenvalue weighted by Crippen LogP contribution is 2.21. The van der Waals surface area contributed by atoms with Crippen LogP contribution in [0.4, 0.5) is 4.79 Å². The maximum Gasteiger partial charge on any atom is 0.410 e. The summed E-state index contributed by atoms with van der Waals surface area (Å²) in [5, 5.41) is 2.58. The van der Waals surface area contributed by atoms with Gasteiger partial charge in [-0.1, -0.05) is 11.3 Å². The quantitative estimate of drug-likeness (QED) is 0.856. The fourth-order valence-corrected chi connectivity index (χ4v) is 2.43. The maximum absolute atomic E-state index is 11.9. The molecular weight excluding hydrogens is 264 g/mol. The van der Waals surface area contributed by atoms with Crippen molar-refractivity contribution in [1.29, 1.82) is 0 Å². The molecule has 0 aliphatic carbocycles. The largest absolute Gasteiger partial charge is 0.470 e. The lowest BCUT2D eigenvalue weighted by Gasteiger charge is -2.24. The summed E-state index contributed by atoms with van der Waals surface area (Å²) in [6, 6.07) is 0. The summed E-state index contributed by atoms with van der Waals surface area (Å²) in [6.07, 6.45) is 2.44. The lowest BCUT2D eigenvalue weighted by Crippen LogP contribution is -2.35. The zero-order valence-corrected chi connectivity index (χ0v) is 12.4. The molecule has 19 heavy (non-hydrogen) atoms. The molecule has 1 aliphatic heterocycles. The Balaban J connectivity index is 1.75. The predicted octanol–water partition coefficient (Wildman–Crippen LogP) is 2.78. The van der Waals surface area contributed by atoms with E-state index in [1.807, 2.05) is 26.2 Å². The van der Waals surface area contributed by atoms with Gasteiger partial charge in [-0.15, -0.1) is 0 Å². The lowest BCUT2D eigenvalue weighted by molar-refractivity contribution is 0.0285. The van der Waals surface area contributed by atoms with Gasteiger partial charge in [-0.3, -0.25) is 0 Å². The van der Waals surface area contributed by atoms with Crippen molar-refractivity contribution in [2.75, 3.05) is 19.7 Å². The van der Waals surface area contributed by atoms with Crippen LogP contribution >= 0.6 is 11.3 Å². The fraction of sp³-hybridized carbons (Fsp3) is 0.692. The number of likely N-dealkylation sites (tertiary alicyclic amines) is 1. The fourth-order valence-electron chi connectivity index (χ4n) is 1.93. The highest BCUT2D eigenvalue weighted by Gasteiger charge is 2.30. The molecule has 1 atom stereocenters. The number of nitrogens with zero attached hydrogens (tertiary/aromatic N) is 2. The SMILES string of the molecule is CC(C)(C)OC(=O)N1CCC(COc2nccs2)C1. The van der Waals surface area contributed by atoms with E-state index in [1.54, 1.807) is 11.1 Å². The van der Waals surface area contributed by atoms with E-state index in [2.05, 4.69) is 4.98 Å². The Morgan fingerprint density at radius 1 is 1.58 bits per heavy atom. The Morgan fingerprint density at radius 3 is 3.00 bits per heavy atom. The molecule has 2 heterocycles. The summed E-state index contributed by atoms with van der Waals surface area (Å²) < 4.78 is 10.9. The highest BCUT2D eigenvalue weighted by atomic mass is 32.1. The first-order valence-corrected chi connectivity index (χ1v) is 7.32. The standard InChI is InChI=1S/C13H20N2O3S/c1-13(2,3)18-12(16)15-6-4-10(8-15)9-17-11-14-5-7-19-11/h5,7,10H,4,6,8-9H2,1-3H3. The predicted molar refractivity (Wildman–Crippen MR) is 73.5 cm³/mol. The third-order valence-corrected chi connectivity index (χ3v) is 3.47. The van der Waals surface area contributed by atoms with Crippen molar-refractivity contribution in [2.45, 2.75) is 32.8 Å². The topological polar surface area (TPSA) is 51.7 Å². The van der Waals surface area contributed by atoms with Gasteiger partial charge in [-0.25, -0.2) is 9.78 Å². The Bertz CT molecular complexity index is 414. The first-order chi connectivity index (χ1) is 8.94. The molecule has 1 fully saturated rings. The average molecular weight is 284 g/mol. The van der Waals surface area contributed by atoms with Crippen LogP contribution in [-0.2, 0) is 4.74 Å². The summed E-state index contributed by atoms with van der Waals surface area (Å²) in [6.45, 7) is 7.67. The number of aromatic nitrogens is 1. The first-order valence-electron chi connectivity index (χ1n) is 6.44. The number of ether oxygens (including phenoxy) is 2. The molecular formula is C13H20N2O3S. The monoisotopic (exact) mass is 284 g/mol. The van der Waals surface area contributed by atoms with Gasteiger partial charge in [0, 0.05) is 30.6 Å². The summed E-state index contributed by atoms with van der Waals surface area (Å²) in [4.78, 5) is 17.7. The van der Waals surface area contributed by atoms with Crippen LogP contribution in [0.15, 0.2) is 11.6 Å². The molecule has 5 nitrogen and oxygen atoms in total. The van der Waals surface area contributed by atoms with Gasteiger partial charge in [-0.05, 0) is 27.2 Å². The van der Waals surface area contributed by atoms with E-state index in [9.17, 15) is 4.79 Å². The molecule has 1 unspecified atom stereocenters. The van der Waals surface area contributed by atoms with Gasteiger partial charge in [0.25, 0.3) is 5.19 Å². The second-order valence-electron chi connectivity index (χ2n) is 5.69. The number of rotatable bonds is 3. The van der Waals surface area contributed by atoms with Crippen LogP contribution < -0.4 is 4.74 Å². The summed E-state index contributed by atoms with van der Waals surface area (Å²) >= 11 is 1.48. The van der Waals surface area contributed by atoms with Crippen LogP contribution in [0.1, 0.15) is 27.2 Å². The Morgan fingerprint density at radius 2 is 2.37 bits per heavy atom. The van der Waals surface area contributed by atoms with E-state index in [0.717, 1.165) is 13.0 Å². The molecule has 0 N–H and O–H groups in total. The Kier molecular flexibility index (Phi) is 4.29. The van der Waals surface area contributed by atoms with Gasteiger partial charge in [0.1, 0.15) is 5.60 Å². The van der Waals surface area contributed by atoms with E-state index in [4.69, 9.17) is 9.47 Å². The number of carbonyl (C=O) groups excluding carboxylic acids is 1. The van der Waals surface area contributed by atoms with Gasteiger partial charge >= 0.3 is 6.09 Å². The van der Waals surface area contributed by atoms with Crippen molar-refractivity contribution in [1.82, 2.24) is 9.88 Å². The summed E-state index contributed by atoms with van der Waals surface area (Å²) in [7, 11) is 0. The molecule has 0 aromatic carbocycles. The van der Waals surface area contributed by atoms with Crippen molar-refractivity contribution in [2.24, 2.45) is 5.92 Å². The van der Waals surface area contributed by atoms with Crippen molar-refractivity contribution >= 4 is 17.4 Å². The average Bonchev–Trinajstić information content (AvgIpc) is 2.96. The zero-order valence-electron chi connectivity index (χ0n) is 11.6. The maximum atomic E-state index is 11.9. The van der Waals surface area contributed by atoms with E-state index in [0.29, 0.717) is 24.3 Å². The third-order valence-electron chi connectivity index (χ3n) is 2.79. The van der Waals surface area contributed by atoms with Crippen molar-refractivity contribution < 1.29 is 14.3 Å². The number of hydrogen-bond donors (Lipinski definition) is 0. The highest BCUT2D eigenvalue weighted by molar-refractivity contribution is 7.11. The molecule has 1 aliphatic rings. The molecule has 0 bridgehead atoms. The molecule has 6 heteroatoms.